The van der Waals surface area contributed by atoms with Crippen LogP contribution in [0.1, 0.15) is 16.8 Å². The molecular weight excluding hydrogens is 395 g/mol. The lowest BCUT2D eigenvalue weighted by Crippen LogP contribution is -2.05. The topological polar surface area (TPSA) is 56.6 Å². The van der Waals surface area contributed by atoms with Gasteiger partial charge in [0.25, 0.3) is 0 Å². The van der Waals surface area contributed by atoms with Crippen LogP contribution in [0.3, 0.4) is 0 Å². The number of nitrogens with zero attached hydrogens (tertiary/aromatic N) is 3. The number of hydrogen-bond donors (Lipinski definition) is 0. The van der Waals surface area contributed by atoms with E-state index < -0.39 is 11.7 Å². The van der Waals surface area contributed by atoms with Gasteiger partial charge in [-0.2, -0.15) is 18.3 Å². The Labute approximate surface area is 171 Å². The van der Waals surface area contributed by atoms with Gasteiger partial charge in [0.15, 0.2) is 0 Å². The minimum absolute atomic E-state index is 0.0944. The monoisotopic (exact) mass is 413 g/mol. The molecule has 2 aromatic carbocycles. The van der Waals surface area contributed by atoms with E-state index in [2.05, 4.69) is 21.9 Å². The number of oxime groups is 1. The van der Waals surface area contributed by atoms with Gasteiger partial charge in [-0.25, -0.2) is 0 Å². The molecule has 0 N–H and O–H groups in total. The van der Waals surface area contributed by atoms with E-state index in [1.54, 1.807) is 49.4 Å². The molecule has 0 bridgehead atoms. The molecule has 0 radical (unpaired) electrons. The molecule has 5 nitrogen and oxygen atoms in total. The van der Waals surface area contributed by atoms with Crippen LogP contribution in [0, 0.1) is 6.92 Å². The van der Waals surface area contributed by atoms with Crippen molar-refractivity contribution in [2.75, 3.05) is 6.61 Å². The van der Waals surface area contributed by atoms with E-state index in [-0.39, 0.29) is 12.5 Å². The fraction of sp³-hybridized carbons (Fsp3) is 0.136. The lowest BCUT2D eigenvalue weighted by molar-refractivity contribution is -0.137. The summed E-state index contributed by atoms with van der Waals surface area (Å²) < 4.78 is 45.2. The van der Waals surface area contributed by atoms with Crippen molar-refractivity contribution in [1.82, 2.24) is 10.2 Å². The van der Waals surface area contributed by atoms with Crippen LogP contribution < -0.4 is 4.74 Å². The predicted octanol–water partition coefficient (Wildman–Crippen LogP) is 5.80. The van der Waals surface area contributed by atoms with Crippen LogP contribution in [0.2, 0.25) is 0 Å². The number of aryl methyl sites for hydroxylation is 1. The highest BCUT2D eigenvalue weighted by molar-refractivity contribution is 5.79. The third-order valence-electron chi connectivity index (χ3n) is 3.92. The van der Waals surface area contributed by atoms with E-state index in [0.717, 1.165) is 12.1 Å². The Balaban J connectivity index is 1.92. The summed E-state index contributed by atoms with van der Waals surface area (Å²) in [7, 11) is 0. The third-order valence-corrected chi connectivity index (χ3v) is 3.92. The van der Waals surface area contributed by atoms with Crippen LogP contribution in [-0.4, -0.2) is 23.0 Å². The largest absolute Gasteiger partial charge is 0.437 e. The maximum atomic E-state index is 13.1. The van der Waals surface area contributed by atoms with E-state index >= 15 is 0 Å². The summed E-state index contributed by atoms with van der Waals surface area (Å²) in [6.07, 6.45) is -1.37. The van der Waals surface area contributed by atoms with Gasteiger partial charge in [0.05, 0.1) is 17.5 Å². The average molecular weight is 413 g/mol. The van der Waals surface area contributed by atoms with Gasteiger partial charge in [0.2, 0.25) is 5.88 Å². The van der Waals surface area contributed by atoms with E-state index in [4.69, 9.17) is 9.57 Å². The highest BCUT2D eigenvalue weighted by Gasteiger charge is 2.30. The fourth-order valence-corrected chi connectivity index (χ4v) is 2.59. The van der Waals surface area contributed by atoms with Crippen molar-refractivity contribution in [1.29, 1.82) is 0 Å². The second kappa shape index (κ2) is 9.21. The van der Waals surface area contributed by atoms with Gasteiger partial charge in [-0.05, 0) is 48.4 Å². The predicted molar refractivity (Wildman–Crippen MR) is 107 cm³/mol. The molecule has 0 aliphatic carbocycles. The SMILES string of the molecule is C=CCO/N=C/c1cccc(Oc2nnc(C)cc2-c2cccc(C(F)(F)F)c2)c1. The van der Waals surface area contributed by atoms with E-state index in [1.807, 2.05) is 0 Å². The smallest absolute Gasteiger partial charge is 0.416 e. The van der Waals surface area contributed by atoms with Crippen LogP contribution in [0.15, 0.2) is 72.4 Å². The molecule has 0 fully saturated rings. The molecule has 0 amide bonds. The zero-order valence-corrected chi connectivity index (χ0v) is 16.1. The van der Waals surface area contributed by atoms with E-state index in [9.17, 15) is 13.2 Å². The first-order chi connectivity index (χ1) is 14.4. The lowest BCUT2D eigenvalue weighted by Gasteiger charge is -2.13. The Morgan fingerprint density at radius 2 is 1.87 bits per heavy atom. The van der Waals surface area contributed by atoms with Crippen LogP contribution in [0.25, 0.3) is 11.1 Å². The number of aromatic nitrogens is 2. The van der Waals surface area contributed by atoms with Crippen molar-refractivity contribution in [2.45, 2.75) is 13.1 Å². The standard InChI is InChI=1S/C22H18F3N3O2/c1-3-10-29-26-14-16-6-4-9-19(12-16)30-21-20(11-15(2)27-28-21)17-7-5-8-18(13-17)22(23,24)25/h3-9,11-14H,1,10H2,2H3/b26-14+. The van der Waals surface area contributed by atoms with Gasteiger partial charge < -0.3 is 9.57 Å². The maximum Gasteiger partial charge on any atom is 0.416 e. The number of benzene rings is 2. The summed E-state index contributed by atoms with van der Waals surface area (Å²) in [4.78, 5) is 4.97. The van der Waals surface area contributed by atoms with Gasteiger partial charge >= 0.3 is 6.18 Å². The minimum atomic E-state index is -4.45. The average Bonchev–Trinajstić information content (AvgIpc) is 2.72. The highest BCUT2D eigenvalue weighted by Crippen LogP contribution is 2.36. The summed E-state index contributed by atoms with van der Waals surface area (Å²) in [5, 5.41) is 11.8. The molecule has 1 aromatic heterocycles. The third kappa shape index (κ3) is 5.44. The zero-order valence-electron chi connectivity index (χ0n) is 16.1. The molecule has 0 saturated carbocycles. The minimum Gasteiger partial charge on any atom is -0.437 e. The quantitative estimate of drug-likeness (QED) is 0.213. The Bertz CT molecular complexity index is 1070. The number of alkyl halides is 3. The van der Waals surface area contributed by atoms with Crippen molar-refractivity contribution in [3.63, 3.8) is 0 Å². The fourth-order valence-electron chi connectivity index (χ4n) is 2.59. The van der Waals surface area contributed by atoms with E-state index in [0.29, 0.717) is 28.1 Å². The van der Waals surface area contributed by atoms with Crippen molar-refractivity contribution < 1.29 is 22.7 Å². The zero-order chi connectivity index (χ0) is 21.6. The Morgan fingerprint density at radius 1 is 1.07 bits per heavy atom. The molecule has 0 spiro atoms. The normalized spacial score (nSPS) is 11.5. The number of rotatable bonds is 7. The van der Waals surface area contributed by atoms with Crippen LogP contribution in [0.5, 0.6) is 11.6 Å². The molecule has 0 aliphatic rings. The summed E-state index contributed by atoms with van der Waals surface area (Å²) in [6.45, 7) is 5.52. The second-order valence-electron chi connectivity index (χ2n) is 6.28. The van der Waals surface area contributed by atoms with Gasteiger partial charge in [-0.3, -0.25) is 0 Å². The number of halogens is 3. The molecule has 3 rings (SSSR count). The Kier molecular flexibility index (Phi) is 6.46. The first kappa shape index (κ1) is 21.0. The Morgan fingerprint density at radius 3 is 2.63 bits per heavy atom. The summed E-state index contributed by atoms with van der Waals surface area (Å²) in [6, 6.07) is 13.5. The summed E-state index contributed by atoms with van der Waals surface area (Å²) >= 11 is 0. The Hall–Kier alpha value is -3.68. The van der Waals surface area contributed by atoms with Crippen molar-refractivity contribution in [3.05, 3.63) is 84.1 Å². The molecule has 30 heavy (non-hydrogen) atoms. The van der Waals surface area contributed by atoms with Crippen molar-refractivity contribution in [2.24, 2.45) is 5.16 Å². The molecule has 154 valence electrons. The first-order valence-electron chi connectivity index (χ1n) is 8.93. The molecule has 0 unspecified atom stereocenters. The molecule has 1 heterocycles. The molecule has 0 saturated heterocycles. The molecule has 0 aliphatic heterocycles. The van der Waals surface area contributed by atoms with Gasteiger partial charge in [0.1, 0.15) is 12.4 Å². The second-order valence-corrected chi connectivity index (χ2v) is 6.28. The summed E-state index contributed by atoms with van der Waals surface area (Å²) in [5.41, 5.74) is 1.24. The van der Waals surface area contributed by atoms with Gasteiger partial charge in [-0.1, -0.05) is 42.1 Å². The molecule has 8 heteroatoms. The number of hydrogen-bond acceptors (Lipinski definition) is 5. The van der Waals surface area contributed by atoms with Crippen LogP contribution in [-0.2, 0) is 11.0 Å². The van der Waals surface area contributed by atoms with Crippen molar-refractivity contribution in [3.8, 4) is 22.8 Å². The first-order valence-corrected chi connectivity index (χ1v) is 8.93. The van der Waals surface area contributed by atoms with E-state index in [1.165, 1.54) is 12.3 Å². The maximum absolute atomic E-state index is 13.1. The van der Waals surface area contributed by atoms with Crippen LogP contribution in [0.4, 0.5) is 13.2 Å². The number of ether oxygens (including phenoxy) is 1. The molecule has 3 aromatic rings. The summed E-state index contributed by atoms with van der Waals surface area (Å²) in [5.74, 6) is 0.519. The van der Waals surface area contributed by atoms with Crippen LogP contribution >= 0.6 is 0 Å². The highest BCUT2D eigenvalue weighted by atomic mass is 19.4. The molecule has 0 atom stereocenters. The lowest BCUT2D eigenvalue weighted by atomic mass is 10.0. The molecular formula is C22H18F3N3O2. The van der Waals surface area contributed by atoms with Gasteiger partial charge in [0, 0.05) is 5.56 Å². The van der Waals surface area contributed by atoms with Gasteiger partial charge in [-0.15, -0.1) is 5.10 Å². The van der Waals surface area contributed by atoms with Crippen molar-refractivity contribution >= 4 is 6.21 Å².